The van der Waals surface area contributed by atoms with Crippen LogP contribution in [-0.2, 0) is 23.9 Å². The van der Waals surface area contributed by atoms with Gasteiger partial charge in [-0.25, -0.2) is 0 Å². The number of ether oxygens (including phenoxy) is 1. The second kappa shape index (κ2) is 9.33. The second-order valence-corrected chi connectivity index (χ2v) is 7.99. The van der Waals surface area contributed by atoms with Gasteiger partial charge in [-0.2, -0.15) is 0 Å². The SMILES string of the molecule is O=C(COC(=O)CCN1C(=O)[C@H]2CCCC[C@@H]2C1=O)NC1CCCCCC1. The van der Waals surface area contributed by atoms with Crippen LogP contribution in [0.5, 0.6) is 0 Å². The van der Waals surface area contributed by atoms with Gasteiger partial charge >= 0.3 is 5.97 Å². The molecule has 3 amide bonds. The minimum Gasteiger partial charge on any atom is -0.456 e. The van der Waals surface area contributed by atoms with Crippen molar-refractivity contribution in [2.45, 2.75) is 76.7 Å². The highest BCUT2D eigenvalue weighted by Gasteiger charge is 2.47. The second-order valence-electron chi connectivity index (χ2n) is 7.99. The molecule has 2 aliphatic carbocycles. The smallest absolute Gasteiger partial charge is 0.308 e. The number of rotatable bonds is 6. The fourth-order valence-electron chi connectivity index (χ4n) is 4.57. The first-order chi connectivity index (χ1) is 13.1. The number of hydrogen-bond acceptors (Lipinski definition) is 5. The van der Waals surface area contributed by atoms with Crippen molar-refractivity contribution in [2.75, 3.05) is 13.2 Å². The summed E-state index contributed by atoms with van der Waals surface area (Å²) < 4.78 is 5.03. The van der Waals surface area contributed by atoms with E-state index in [-0.39, 0.29) is 55.2 Å². The number of imide groups is 1. The standard InChI is InChI=1S/C20H30N2O5/c23-17(21-14-7-3-1-2-4-8-14)13-27-18(24)11-12-22-19(25)15-9-5-6-10-16(15)20(22)26/h14-16H,1-13H2,(H,21,23)/t15-,16-/m0/s1. The van der Waals surface area contributed by atoms with Crippen molar-refractivity contribution in [2.24, 2.45) is 11.8 Å². The summed E-state index contributed by atoms with van der Waals surface area (Å²) in [6, 6.07) is 0.168. The van der Waals surface area contributed by atoms with Gasteiger partial charge in [-0.3, -0.25) is 24.1 Å². The number of nitrogens with one attached hydrogen (secondary N) is 1. The Morgan fingerprint density at radius 2 is 1.44 bits per heavy atom. The molecule has 3 aliphatic rings. The monoisotopic (exact) mass is 378 g/mol. The molecular formula is C20H30N2O5. The van der Waals surface area contributed by atoms with Crippen molar-refractivity contribution in [1.29, 1.82) is 0 Å². The van der Waals surface area contributed by atoms with Gasteiger partial charge in [0, 0.05) is 12.6 Å². The predicted octanol–water partition coefficient (Wildman–Crippen LogP) is 1.93. The van der Waals surface area contributed by atoms with Crippen LogP contribution in [0.25, 0.3) is 0 Å². The normalized spacial score (nSPS) is 26.4. The molecule has 3 fully saturated rings. The fourth-order valence-corrected chi connectivity index (χ4v) is 4.57. The van der Waals surface area contributed by atoms with Gasteiger partial charge in [0.05, 0.1) is 18.3 Å². The molecule has 0 aromatic rings. The molecule has 0 aromatic heterocycles. The lowest BCUT2D eigenvalue weighted by Crippen LogP contribution is -2.38. The van der Waals surface area contributed by atoms with Gasteiger partial charge in [-0.15, -0.1) is 0 Å². The van der Waals surface area contributed by atoms with E-state index in [2.05, 4.69) is 5.32 Å². The number of carbonyl (C=O) groups excluding carboxylic acids is 4. The van der Waals surface area contributed by atoms with Crippen molar-refractivity contribution in [3.8, 4) is 0 Å². The van der Waals surface area contributed by atoms with Crippen LogP contribution in [0, 0.1) is 11.8 Å². The van der Waals surface area contributed by atoms with Gasteiger partial charge in [-0.1, -0.05) is 38.5 Å². The summed E-state index contributed by atoms with van der Waals surface area (Å²) in [4.78, 5) is 49.8. The van der Waals surface area contributed by atoms with Crippen molar-refractivity contribution in [1.82, 2.24) is 10.2 Å². The molecule has 3 rings (SSSR count). The summed E-state index contributed by atoms with van der Waals surface area (Å²) in [6.45, 7) is -0.254. The molecule has 1 N–H and O–H groups in total. The average molecular weight is 378 g/mol. The van der Waals surface area contributed by atoms with Crippen LogP contribution in [0.15, 0.2) is 0 Å². The molecule has 0 bridgehead atoms. The van der Waals surface area contributed by atoms with Crippen molar-refractivity contribution in [3.63, 3.8) is 0 Å². The predicted molar refractivity (Wildman–Crippen MR) is 97.4 cm³/mol. The number of nitrogens with zero attached hydrogens (tertiary/aromatic N) is 1. The van der Waals surface area contributed by atoms with Gasteiger partial charge in [0.1, 0.15) is 0 Å². The van der Waals surface area contributed by atoms with E-state index in [1.807, 2.05) is 0 Å². The van der Waals surface area contributed by atoms with E-state index < -0.39 is 5.97 Å². The number of hydrogen-bond donors (Lipinski definition) is 1. The van der Waals surface area contributed by atoms with E-state index in [4.69, 9.17) is 4.74 Å². The van der Waals surface area contributed by atoms with Gasteiger partial charge < -0.3 is 10.1 Å². The number of amides is 3. The quantitative estimate of drug-likeness (QED) is 0.433. The van der Waals surface area contributed by atoms with Gasteiger partial charge in [0.2, 0.25) is 11.8 Å². The van der Waals surface area contributed by atoms with Crippen LogP contribution >= 0.6 is 0 Å². The molecule has 7 nitrogen and oxygen atoms in total. The molecule has 0 radical (unpaired) electrons. The first kappa shape index (κ1) is 19.8. The first-order valence-electron chi connectivity index (χ1n) is 10.4. The van der Waals surface area contributed by atoms with Gasteiger partial charge in [0.15, 0.2) is 6.61 Å². The fraction of sp³-hybridized carbons (Fsp3) is 0.800. The van der Waals surface area contributed by atoms with E-state index in [1.54, 1.807) is 0 Å². The van der Waals surface area contributed by atoms with Crippen molar-refractivity contribution in [3.05, 3.63) is 0 Å². The van der Waals surface area contributed by atoms with E-state index in [0.29, 0.717) is 0 Å². The summed E-state index contributed by atoms with van der Waals surface area (Å²) in [7, 11) is 0. The van der Waals surface area contributed by atoms with E-state index >= 15 is 0 Å². The van der Waals surface area contributed by atoms with Crippen LogP contribution in [-0.4, -0.2) is 47.8 Å². The topological polar surface area (TPSA) is 92.8 Å². The largest absolute Gasteiger partial charge is 0.456 e. The van der Waals surface area contributed by atoms with Crippen LogP contribution in [0.2, 0.25) is 0 Å². The molecule has 2 saturated carbocycles. The summed E-state index contributed by atoms with van der Waals surface area (Å²) >= 11 is 0. The summed E-state index contributed by atoms with van der Waals surface area (Å²) in [5.74, 6) is -1.54. The third-order valence-corrected chi connectivity index (χ3v) is 6.06. The average Bonchev–Trinajstić information content (AvgIpc) is 2.84. The number of fused-ring (bicyclic) bond motifs is 1. The zero-order valence-corrected chi connectivity index (χ0v) is 15.9. The third-order valence-electron chi connectivity index (χ3n) is 6.06. The number of carbonyl (C=O) groups is 4. The Hall–Kier alpha value is -1.92. The van der Waals surface area contributed by atoms with Crippen molar-refractivity contribution >= 4 is 23.7 Å². The molecule has 1 saturated heterocycles. The van der Waals surface area contributed by atoms with Gasteiger partial charge in [-0.05, 0) is 25.7 Å². The van der Waals surface area contributed by atoms with Crippen LogP contribution in [0.1, 0.15) is 70.6 Å². The van der Waals surface area contributed by atoms with Crippen LogP contribution < -0.4 is 5.32 Å². The van der Waals surface area contributed by atoms with E-state index in [0.717, 1.165) is 51.4 Å². The minimum absolute atomic E-state index is 0.0493. The van der Waals surface area contributed by atoms with Gasteiger partial charge in [0.25, 0.3) is 5.91 Å². The number of likely N-dealkylation sites (tertiary alicyclic amines) is 1. The Balaban J connectivity index is 1.37. The summed E-state index contributed by atoms with van der Waals surface area (Å²) in [5.41, 5.74) is 0. The molecule has 7 heteroatoms. The van der Waals surface area contributed by atoms with Crippen LogP contribution in [0.3, 0.4) is 0 Å². The van der Waals surface area contributed by atoms with Crippen molar-refractivity contribution < 1.29 is 23.9 Å². The summed E-state index contributed by atoms with van der Waals surface area (Å²) in [6.07, 6.45) is 10.0. The molecule has 150 valence electrons. The van der Waals surface area contributed by atoms with E-state index in [1.165, 1.54) is 17.7 Å². The first-order valence-corrected chi connectivity index (χ1v) is 10.4. The Morgan fingerprint density at radius 1 is 0.889 bits per heavy atom. The highest BCUT2D eigenvalue weighted by Crippen LogP contribution is 2.37. The highest BCUT2D eigenvalue weighted by atomic mass is 16.5. The molecule has 27 heavy (non-hydrogen) atoms. The van der Waals surface area contributed by atoms with Crippen LogP contribution in [0.4, 0.5) is 0 Å². The zero-order valence-electron chi connectivity index (χ0n) is 15.9. The lowest BCUT2D eigenvalue weighted by molar-refractivity contribution is -0.150. The highest BCUT2D eigenvalue weighted by molar-refractivity contribution is 6.05. The van der Waals surface area contributed by atoms with E-state index in [9.17, 15) is 19.2 Å². The Kier molecular flexibility index (Phi) is 6.85. The molecule has 1 heterocycles. The maximum absolute atomic E-state index is 12.4. The maximum atomic E-state index is 12.4. The third kappa shape index (κ3) is 5.08. The molecular weight excluding hydrogens is 348 g/mol. The Bertz CT molecular complexity index is 559. The Labute approximate surface area is 160 Å². The molecule has 0 unspecified atom stereocenters. The zero-order chi connectivity index (χ0) is 19.2. The minimum atomic E-state index is -0.554. The molecule has 2 atom stereocenters. The lowest BCUT2D eigenvalue weighted by Gasteiger charge is -2.19. The Morgan fingerprint density at radius 3 is 2.04 bits per heavy atom. The molecule has 1 aliphatic heterocycles. The lowest BCUT2D eigenvalue weighted by atomic mass is 9.81. The molecule has 0 spiro atoms. The maximum Gasteiger partial charge on any atom is 0.308 e. The summed E-state index contributed by atoms with van der Waals surface area (Å²) in [5, 5.41) is 2.92. The number of esters is 1. The molecule has 0 aromatic carbocycles.